The molecule has 0 aliphatic carbocycles. The molecule has 0 amide bonds. The Morgan fingerprint density at radius 3 is 1.62 bits per heavy atom. The van der Waals surface area contributed by atoms with Gasteiger partial charge in [-0.2, -0.15) is 0 Å². The van der Waals surface area contributed by atoms with Crippen molar-refractivity contribution in [2.45, 2.75) is 27.2 Å². The maximum Gasteiger partial charge on any atom is 0.417 e. The normalized spacial score (nSPS) is 17.4. The minimum atomic E-state index is -1.18. The van der Waals surface area contributed by atoms with Gasteiger partial charge in [0, 0.05) is 17.6 Å². The maximum atomic E-state index is 12.9. The number of carbonyl (C=O) groups excluding carboxylic acids is 6. The first-order valence-electron chi connectivity index (χ1n) is 14.7. The number of ether oxygens (including phenoxy) is 5. The first-order chi connectivity index (χ1) is 22.5. The van der Waals surface area contributed by atoms with E-state index in [0.717, 1.165) is 5.56 Å². The Labute approximate surface area is 270 Å². The van der Waals surface area contributed by atoms with Crippen LogP contribution in [-0.4, -0.2) is 81.5 Å². The zero-order valence-corrected chi connectivity index (χ0v) is 26.3. The number of ketones is 3. The highest BCUT2D eigenvalue weighted by atomic mass is 19.1. The molecule has 2 aromatic carbocycles. The molecule has 252 valence electrons. The minimum Gasteiger partial charge on any atom is -0.460 e. The lowest BCUT2D eigenvalue weighted by molar-refractivity contribution is -0.167. The van der Waals surface area contributed by atoms with Crippen LogP contribution in [0.4, 0.5) is 8.78 Å². The second kappa shape index (κ2) is 20.3. The van der Waals surface area contributed by atoms with E-state index in [0.29, 0.717) is 30.8 Å². The van der Waals surface area contributed by atoms with Crippen LogP contribution in [0.15, 0.2) is 59.7 Å². The summed E-state index contributed by atoms with van der Waals surface area (Å²) >= 11 is 0. The molecule has 2 aromatic rings. The SMILES string of the molecule is CCOC(=O)C(=O)C1COC/C(=C\c2ccc(F)cc2)C1=O.CCOC(=O)C(=O)OCC.O=C1CCOC/C1=C\c1ccc(F)cc1. The van der Waals surface area contributed by atoms with Crippen molar-refractivity contribution >= 4 is 47.4 Å². The van der Waals surface area contributed by atoms with Gasteiger partial charge in [0.2, 0.25) is 0 Å². The smallest absolute Gasteiger partial charge is 0.417 e. The van der Waals surface area contributed by atoms with E-state index in [2.05, 4.69) is 14.2 Å². The van der Waals surface area contributed by atoms with Crippen LogP contribution < -0.4 is 0 Å². The molecule has 2 fully saturated rings. The molecule has 2 aliphatic heterocycles. The lowest BCUT2D eigenvalue weighted by atomic mass is 9.91. The molecule has 13 heteroatoms. The van der Waals surface area contributed by atoms with Crippen LogP contribution >= 0.6 is 0 Å². The van der Waals surface area contributed by atoms with Crippen molar-refractivity contribution in [2.75, 3.05) is 46.2 Å². The third-order valence-corrected chi connectivity index (χ3v) is 6.20. The Morgan fingerprint density at radius 2 is 1.15 bits per heavy atom. The first kappa shape index (κ1) is 38.3. The summed E-state index contributed by atoms with van der Waals surface area (Å²) in [4.78, 5) is 68.0. The predicted molar refractivity (Wildman–Crippen MR) is 163 cm³/mol. The van der Waals surface area contributed by atoms with E-state index in [9.17, 15) is 37.5 Å². The van der Waals surface area contributed by atoms with Crippen LogP contribution in [0, 0.1) is 17.6 Å². The molecule has 0 aromatic heterocycles. The van der Waals surface area contributed by atoms with Gasteiger partial charge in [-0.15, -0.1) is 0 Å². The Kier molecular flexibility index (Phi) is 16.5. The second-order valence-corrected chi connectivity index (χ2v) is 9.63. The topological polar surface area (TPSA) is 149 Å². The molecular formula is C34H36F2O11. The molecule has 1 unspecified atom stereocenters. The summed E-state index contributed by atoms with van der Waals surface area (Å²) in [7, 11) is 0. The van der Waals surface area contributed by atoms with Crippen molar-refractivity contribution in [1.82, 2.24) is 0 Å². The van der Waals surface area contributed by atoms with Crippen LogP contribution in [-0.2, 0) is 52.5 Å². The highest BCUT2D eigenvalue weighted by Crippen LogP contribution is 2.20. The highest BCUT2D eigenvalue weighted by molar-refractivity contribution is 6.39. The number of hydrogen-bond acceptors (Lipinski definition) is 11. The van der Waals surface area contributed by atoms with Gasteiger partial charge in [-0.1, -0.05) is 24.3 Å². The molecule has 0 saturated carbocycles. The number of esters is 3. The number of carbonyl (C=O) groups is 6. The molecule has 2 saturated heterocycles. The number of hydrogen-bond donors (Lipinski definition) is 0. The summed E-state index contributed by atoms with van der Waals surface area (Å²) in [6.07, 6.45) is 3.71. The van der Waals surface area contributed by atoms with E-state index in [1.54, 1.807) is 39.0 Å². The standard InChI is InChI=1S/C16H15FO5.C12H11FO2.C6H10O4/c1-2-22-16(20)15(19)13-9-21-8-11(14(13)18)7-10-3-5-12(17)6-4-10;13-11-3-1-9(2-4-11)7-10-8-15-6-5-12(10)14;1-3-9-5(7)6(8)10-4-2/h3-7,13H,2,8-9H2,1H3;1-4,7H,5-6,8H2;3-4H2,1-2H3/b11-7+;10-7+;. The summed E-state index contributed by atoms with van der Waals surface area (Å²) < 4.78 is 49.2. The lowest BCUT2D eigenvalue weighted by Gasteiger charge is -2.21. The number of benzene rings is 2. The second-order valence-electron chi connectivity index (χ2n) is 9.63. The van der Waals surface area contributed by atoms with Crippen molar-refractivity contribution in [3.63, 3.8) is 0 Å². The number of Topliss-reactive ketones (excluding diaryl/α,β-unsaturated/α-hetero) is 3. The van der Waals surface area contributed by atoms with Gasteiger partial charge in [0.15, 0.2) is 11.6 Å². The van der Waals surface area contributed by atoms with E-state index < -0.39 is 35.4 Å². The monoisotopic (exact) mass is 658 g/mol. The molecule has 2 heterocycles. The lowest BCUT2D eigenvalue weighted by Crippen LogP contribution is -2.39. The van der Waals surface area contributed by atoms with E-state index in [4.69, 9.17) is 9.47 Å². The third-order valence-electron chi connectivity index (χ3n) is 6.20. The fourth-order valence-corrected chi connectivity index (χ4v) is 3.92. The van der Waals surface area contributed by atoms with E-state index in [1.165, 1.54) is 42.5 Å². The van der Waals surface area contributed by atoms with Crippen molar-refractivity contribution < 1.29 is 61.2 Å². The largest absolute Gasteiger partial charge is 0.460 e. The Balaban J connectivity index is 0.000000266. The van der Waals surface area contributed by atoms with Gasteiger partial charge in [0.1, 0.15) is 17.6 Å². The number of halogens is 2. The Bertz CT molecular complexity index is 1450. The first-order valence-corrected chi connectivity index (χ1v) is 14.7. The summed E-state index contributed by atoms with van der Waals surface area (Å²) in [5.41, 5.74) is 2.36. The number of rotatable bonds is 7. The van der Waals surface area contributed by atoms with Crippen LogP contribution in [0.25, 0.3) is 12.2 Å². The van der Waals surface area contributed by atoms with Crippen molar-refractivity contribution in [3.05, 3.63) is 82.4 Å². The molecule has 0 bridgehead atoms. The Hall–Kier alpha value is -4.88. The van der Waals surface area contributed by atoms with Crippen LogP contribution in [0.1, 0.15) is 38.3 Å². The Morgan fingerprint density at radius 1 is 0.702 bits per heavy atom. The van der Waals surface area contributed by atoms with Gasteiger partial charge in [-0.05, 0) is 68.3 Å². The van der Waals surface area contributed by atoms with E-state index in [-0.39, 0.29) is 56.0 Å². The quantitative estimate of drug-likeness (QED) is 0.140. The van der Waals surface area contributed by atoms with Gasteiger partial charge in [-0.25, -0.2) is 23.2 Å². The van der Waals surface area contributed by atoms with Crippen LogP contribution in [0.2, 0.25) is 0 Å². The van der Waals surface area contributed by atoms with Gasteiger partial charge in [0.25, 0.3) is 5.78 Å². The molecular weight excluding hydrogens is 622 g/mol. The fraction of sp³-hybridized carbons (Fsp3) is 0.353. The third kappa shape index (κ3) is 13.2. The zero-order valence-electron chi connectivity index (χ0n) is 26.3. The molecule has 1 atom stereocenters. The maximum absolute atomic E-state index is 12.9. The van der Waals surface area contributed by atoms with Crippen LogP contribution in [0.5, 0.6) is 0 Å². The minimum absolute atomic E-state index is 0.0445. The highest BCUT2D eigenvalue weighted by Gasteiger charge is 2.37. The summed E-state index contributed by atoms with van der Waals surface area (Å²) in [5, 5.41) is 0. The molecule has 4 rings (SSSR count). The summed E-state index contributed by atoms with van der Waals surface area (Å²) in [6, 6.07) is 11.6. The molecule has 0 spiro atoms. The van der Waals surface area contributed by atoms with Gasteiger partial charge in [-0.3, -0.25) is 14.4 Å². The van der Waals surface area contributed by atoms with Crippen molar-refractivity contribution in [2.24, 2.45) is 5.92 Å². The average Bonchev–Trinajstić information content (AvgIpc) is 3.06. The van der Waals surface area contributed by atoms with E-state index >= 15 is 0 Å². The summed E-state index contributed by atoms with van der Waals surface area (Å²) in [5.74, 6) is -5.98. The van der Waals surface area contributed by atoms with Crippen molar-refractivity contribution in [3.8, 4) is 0 Å². The van der Waals surface area contributed by atoms with Crippen molar-refractivity contribution in [1.29, 1.82) is 0 Å². The molecule has 47 heavy (non-hydrogen) atoms. The predicted octanol–water partition coefficient (Wildman–Crippen LogP) is 3.87. The molecule has 2 aliphatic rings. The fourth-order valence-electron chi connectivity index (χ4n) is 3.92. The van der Waals surface area contributed by atoms with Crippen LogP contribution in [0.3, 0.4) is 0 Å². The average molecular weight is 659 g/mol. The summed E-state index contributed by atoms with van der Waals surface area (Å²) in [6.45, 7) is 6.02. The molecule has 0 N–H and O–H groups in total. The van der Waals surface area contributed by atoms with Gasteiger partial charge < -0.3 is 23.7 Å². The van der Waals surface area contributed by atoms with E-state index in [1.807, 2.05) is 0 Å². The molecule has 0 radical (unpaired) electrons. The molecule has 11 nitrogen and oxygen atoms in total. The zero-order chi connectivity index (χ0) is 34.8. The van der Waals surface area contributed by atoms with Gasteiger partial charge in [0.05, 0.1) is 46.2 Å². The van der Waals surface area contributed by atoms with Gasteiger partial charge >= 0.3 is 17.9 Å².